The van der Waals surface area contributed by atoms with Crippen molar-refractivity contribution in [3.63, 3.8) is 0 Å². The van der Waals surface area contributed by atoms with Crippen molar-refractivity contribution in [3.05, 3.63) is 47.6 Å². The van der Waals surface area contributed by atoms with Gasteiger partial charge in [0.2, 0.25) is 11.8 Å². The summed E-state index contributed by atoms with van der Waals surface area (Å²) < 4.78 is 10.9. The van der Waals surface area contributed by atoms with Crippen molar-refractivity contribution in [1.29, 1.82) is 0 Å². The van der Waals surface area contributed by atoms with Crippen molar-refractivity contribution in [2.75, 3.05) is 0 Å². The SMILES string of the molecule is C[C@H](NC(=O)[C@@H](C)OCc1ccccc1)c1nc(C(C)(C)C)no1. The highest BCUT2D eigenvalue weighted by Crippen LogP contribution is 2.20. The van der Waals surface area contributed by atoms with Crippen LogP contribution in [-0.4, -0.2) is 22.2 Å². The molecule has 0 unspecified atom stereocenters. The Morgan fingerprint density at radius 2 is 1.92 bits per heavy atom. The molecule has 130 valence electrons. The molecule has 0 aliphatic rings. The number of rotatable bonds is 6. The number of amides is 1. The van der Waals surface area contributed by atoms with Crippen LogP contribution in [0.1, 0.15) is 57.9 Å². The molecule has 0 bridgehead atoms. The summed E-state index contributed by atoms with van der Waals surface area (Å²) in [7, 11) is 0. The molecule has 0 aliphatic heterocycles. The summed E-state index contributed by atoms with van der Waals surface area (Å²) in [6.45, 7) is 9.93. The molecule has 1 aromatic carbocycles. The van der Waals surface area contributed by atoms with Crippen LogP contribution in [0.15, 0.2) is 34.9 Å². The normalized spacial score (nSPS) is 14.2. The first-order chi connectivity index (χ1) is 11.3. The van der Waals surface area contributed by atoms with Crippen LogP contribution in [0.2, 0.25) is 0 Å². The van der Waals surface area contributed by atoms with Gasteiger partial charge in [-0.15, -0.1) is 0 Å². The number of benzene rings is 1. The lowest BCUT2D eigenvalue weighted by atomic mass is 9.96. The zero-order valence-electron chi connectivity index (χ0n) is 14.9. The molecule has 6 nitrogen and oxygen atoms in total. The van der Waals surface area contributed by atoms with Crippen LogP contribution in [0.4, 0.5) is 0 Å². The lowest BCUT2D eigenvalue weighted by Crippen LogP contribution is -2.36. The van der Waals surface area contributed by atoms with Crippen LogP contribution in [0.3, 0.4) is 0 Å². The number of carbonyl (C=O) groups is 1. The van der Waals surface area contributed by atoms with Crippen LogP contribution < -0.4 is 5.32 Å². The van der Waals surface area contributed by atoms with Crippen LogP contribution >= 0.6 is 0 Å². The monoisotopic (exact) mass is 331 g/mol. The van der Waals surface area contributed by atoms with Gasteiger partial charge in [-0.05, 0) is 19.4 Å². The van der Waals surface area contributed by atoms with Gasteiger partial charge < -0.3 is 14.6 Å². The minimum atomic E-state index is -0.572. The summed E-state index contributed by atoms with van der Waals surface area (Å²) in [5.41, 5.74) is 0.828. The third-order valence-corrected chi connectivity index (χ3v) is 3.55. The van der Waals surface area contributed by atoms with Crippen molar-refractivity contribution >= 4 is 5.91 Å². The molecule has 0 saturated carbocycles. The molecular formula is C18H25N3O3. The maximum atomic E-state index is 12.2. The topological polar surface area (TPSA) is 77.2 Å². The lowest BCUT2D eigenvalue weighted by molar-refractivity contribution is -0.133. The molecule has 2 rings (SSSR count). The van der Waals surface area contributed by atoms with E-state index in [1.807, 2.05) is 58.0 Å². The summed E-state index contributed by atoms with van der Waals surface area (Å²) in [5, 5.41) is 6.80. The predicted molar refractivity (Wildman–Crippen MR) is 90.2 cm³/mol. The molecule has 0 aliphatic carbocycles. The van der Waals surface area contributed by atoms with Gasteiger partial charge in [0.05, 0.1) is 6.61 Å². The maximum absolute atomic E-state index is 12.2. The van der Waals surface area contributed by atoms with Crippen LogP contribution in [0.5, 0.6) is 0 Å². The number of aromatic nitrogens is 2. The third-order valence-electron chi connectivity index (χ3n) is 3.55. The lowest BCUT2D eigenvalue weighted by Gasteiger charge is -2.16. The van der Waals surface area contributed by atoms with E-state index in [0.29, 0.717) is 18.3 Å². The van der Waals surface area contributed by atoms with Crippen molar-refractivity contribution in [1.82, 2.24) is 15.5 Å². The third kappa shape index (κ3) is 4.89. The van der Waals surface area contributed by atoms with E-state index in [2.05, 4.69) is 15.5 Å². The fourth-order valence-electron chi connectivity index (χ4n) is 1.98. The van der Waals surface area contributed by atoms with Crippen LogP contribution in [0, 0.1) is 0 Å². The van der Waals surface area contributed by atoms with Gasteiger partial charge in [0.1, 0.15) is 12.1 Å². The minimum Gasteiger partial charge on any atom is -0.364 e. The predicted octanol–water partition coefficient (Wildman–Crippen LogP) is 3.15. The summed E-state index contributed by atoms with van der Waals surface area (Å²) >= 11 is 0. The van der Waals surface area contributed by atoms with Gasteiger partial charge in [-0.1, -0.05) is 56.3 Å². The number of nitrogens with one attached hydrogen (secondary N) is 1. The molecule has 1 amide bonds. The van der Waals surface area contributed by atoms with Gasteiger partial charge in [-0.3, -0.25) is 4.79 Å². The fraction of sp³-hybridized carbons (Fsp3) is 0.500. The molecule has 0 saturated heterocycles. The Morgan fingerprint density at radius 3 is 2.50 bits per heavy atom. The molecule has 2 atom stereocenters. The Labute approximate surface area is 142 Å². The van der Waals surface area contributed by atoms with Crippen molar-refractivity contribution in [2.24, 2.45) is 0 Å². The Morgan fingerprint density at radius 1 is 1.25 bits per heavy atom. The summed E-state index contributed by atoms with van der Waals surface area (Å²) in [5.74, 6) is 0.796. The Hall–Kier alpha value is -2.21. The van der Waals surface area contributed by atoms with E-state index in [1.54, 1.807) is 6.92 Å². The first-order valence-corrected chi connectivity index (χ1v) is 8.07. The number of hydrogen-bond acceptors (Lipinski definition) is 5. The van der Waals surface area contributed by atoms with E-state index in [-0.39, 0.29) is 17.4 Å². The Bertz CT molecular complexity index is 662. The number of nitrogens with zero attached hydrogens (tertiary/aromatic N) is 2. The molecule has 1 N–H and O–H groups in total. The molecular weight excluding hydrogens is 306 g/mol. The van der Waals surface area contributed by atoms with Crippen LogP contribution in [0.25, 0.3) is 0 Å². The van der Waals surface area contributed by atoms with E-state index < -0.39 is 6.10 Å². The molecule has 0 fully saturated rings. The molecule has 24 heavy (non-hydrogen) atoms. The molecule has 1 aromatic heterocycles. The van der Waals surface area contributed by atoms with Crippen molar-refractivity contribution in [3.8, 4) is 0 Å². The number of hydrogen-bond donors (Lipinski definition) is 1. The fourth-order valence-corrected chi connectivity index (χ4v) is 1.98. The van der Waals surface area contributed by atoms with Gasteiger partial charge in [-0.2, -0.15) is 4.98 Å². The van der Waals surface area contributed by atoms with Gasteiger partial charge in [0, 0.05) is 5.41 Å². The molecule has 2 aromatic rings. The van der Waals surface area contributed by atoms with Crippen LogP contribution in [-0.2, 0) is 21.6 Å². The van der Waals surface area contributed by atoms with E-state index in [9.17, 15) is 4.79 Å². The standard InChI is InChI=1S/C18H25N3O3/c1-12(16-20-17(21-24-16)18(3,4)5)19-15(22)13(2)23-11-14-9-7-6-8-10-14/h6-10,12-13H,11H2,1-5H3,(H,19,22)/t12-,13+/m0/s1. The summed E-state index contributed by atoms with van der Waals surface area (Å²) in [4.78, 5) is 16.6. The molecule has 6 heteroatoms. The van der Waals surface area contributed by atoms with E-state index in [1.165, 1.54) is 0 Å². The van der Waals surface area contributed by atoms with E-state index in [0.717, 1.165) is 5.56 Å². The highest BCUT2D eigenvalue weighted by atomic mass is 16.5. The van der Waals surface area contributed by atoms with Gasteiger partial charge in [0.15, 0.2) is 5.82 Å². The van der Waals surface area contributed by atoms with E-state index >= 15 is 0 Å². The number of carbonyl (C=O) groups excluding carboxylic acids is 1. The number of ether oxygens (including phenoxy) is 1. The largest absolute Gasteiger partial charge is 0.364 e. The molecule has 0 radical (unpaired) electrons. The van der Waals surface area contributed by atoms with Gasteiger partial charge in [-0.25, -0.2) is 0 Å². The highest BCUT2D eigenvalue weighted by Gasteiger charge is 2.25. The highest BCUT2D eigenvalue weighted by molar-refractivity contribution is 5.80. The second-order valence-corrected chi connectivity index (χ2v) is 6.88. The first-order valence-electron chi connectivity index (χ1n) is 8.07. The summed E-state index contributed by atoms with van der Waals surface area (Å²) in [6.07, 6.45) is -0.572. The molecule has 1 heterocycles. The average molecular weight is 331 g/mol. The van der Waals surface area contributed by atoms with Crippen molar-refractivity contribution < 1.29 is 14.1 Å². The zero-order valence-corrected chi connectivity index (χ0v) is 14.9. The first kappa shape index (κ1) is 18.1. The zero-order chi connectivity index (χ0) is 17.7. The Balaban J connectivity index is 1.87. The smallest absolute Gasteiger partial charge is 0.249 e. The summed E-state index contributed by atoms with van der Waals surface area (Å²) in [6, 6.07) is 9.36. The Kier molecular flexibility index (Phi) is 5.72. The maximum Gasteiger partial charge on any atom is 0.249 e. The van der Waals surface area contributed by atoms with Gasteiger partial charge in [0.25, 0.3) is 0 Å². The minimum absolute atomic E-state index is 0.197. The van der Waals surface area contributed by atoms with E-state index in [4.69, 9.17) is 9.26 Å². The van der Waals surface area contributed by atoms with Crippen molar-refractivity contribution in [2.45, 2.75) is 58.8 Å². The second kappa shape index (κ2) is 7.57. The van der Waals surface area contributed by atoms with Gasteiger partial charge >= 0.3 is 0 Å². The second-order valence-electron chi connectivity index (χ2n) is 6.88. The quantitative estimate of drug-likeness (QED) is 0.880. The molecule has 0 spiro atoms. The average Bonchev–Trinajstić information content (AvgIpc) is 3.04.